The Balaban J connectivity index is 2.25. The Bertz CT molecular complexity index is 538. The average Bonchev–Trinajstić information content (AvgIpc) is 2.93. The third-order valence-corrected chi connectivity index (χ3v) is 4.89. The first-order valence-corrected chi connectivity index (χ1v) is 8.43. The molecule has 0 saturated carbocycles. The number of hydrogen-bond acceptors (Lipinski definition) is 4. The number of rotatable bonds is 7. The second-order valence-electron chi connectivity index (χ2n) is 5.35. The van der Waals surface area contributed by atoms with Crippen LogP contribution >= 0.6 is 11.3 Å². The van der Waals surface area contributed by atoms with Crippen molar-refractivity contribution in [3.63, 3.8) is 0 Å². The first-order chi connectivity index (χ1) is 10.2. The molecule has 0 spiro atoms. The topological polar surface area (TPSA) is 42.1 Å². The molecule has 2 aromatic rings. The summed E-state index contributed by atoms with van der Waals surface area (Å²) >= 11 is 1.85. The van der Waals surface area contributed by atoms with Gasteiger partial charge in [0.1, 0.15) is 0 Å². The van der Waals surface area contributed by atoms with Gasteiger partial charge < -0.3 is 5.73 Å². The Morgan fingerprint density at radius 2 is 2.05 bits per heavy atom. The molecule has 0 aliphatic heterocycles. The maximum absolute atomic E-state index is 6.43. The molecule has 3 nitrogen and oxygen atoms in total. The van der Waals surface area contributed by atoms with E-state index in [4.69, 9.17) is 5.73 Å². The van der Waals surface area contributed by atoms with E-state index >= 15 is 0 Å². The summed E-state index contributed by atoms with van der Waals surface area (Å²) in [4.78, 5) is 9.59. The number of nitrogens with zero attached hydrogens (tertiary/aromatic N) is 2. The quantitative estimate of drug-likeness (QED) is 0.847. The molecule has 4 heteroatoms. The fraction of sp³-hybridized carbons (Fsp3) is 0.471. The number of hydrogen-bond donors (Lipinski definition) is 1. The summed E-state index contributed by atoms with van der Waals surface area (Å²) in [6.07, 6.45) is 2.83. The summed E-state index contributed by atoms with van der Waals surface area (Å²) in [5, 5.41) is 0. The van der Waals surface area contributed by atoms with E-state index in [0.29, 0.717) is 0 Å². The first-order valence-electron chi connectivity index (χ1n) is 7.61. The van der Waals surface area contributed by atoms with Gasteiger partial charge >= 0.3 is 0 Å². The third kappa shape index (κ3) is 4.13. The number of thiophene rings is 1. The molecule has 21 heavy (non-hydrogen) atoms. The Hall–Kier alpha value is -1.23. The molecule has 0 aliphatic rings. The van der Waals surface area contributed by atoms with Crippen molar-refractivity contribution in [1.29, 1.82) is 0 Å². The van der Waals surface area contributed by atoms with Crippen LogP contribution in [-0.4, -0.2) is 22.5 Å². The molecule has 2 aromatic heterocycles. The Morgan fingerprint density at radius 1 is 1.24 bits per heavy atom. The second-order valence-corrected chi connectivity index (χ2v) is 6.67. The van der Waals surface area contributed by atoms with Crippen LogP contribution < -0.4 is 5.73 Å². The van der Waals surface area contributed by atoms with Gasteiger partial charge in [-0.3, -0.25) is 9.88 Å². The second kappa shape index (κ2) is 7.69. The van der Waals surface area contributed by atoms with Crippen molar-refractivity contribution in [1.82, 2.24) is 9.88 Å². The van der Waals surface area contributed by atoms with Crippen LogP contribution in [0.4, 0.5) is 0 Å². The van der Waals surface area contributed by atoms with Gasteiger partial charge in [-0.25, -0.2) is 0 Å². The molecule has 0 fully saturated rings. The molecular formula is C17H25N3S. The molecule has 0 bridgehead atoms. The standard InChI is InChI=1S/C17H25N3S/c1-4-15(18)17(16-10-9-13(3)21-16)20(5-2)12-14-8-6-7-11-19-14/h6-11,15,17H,4-5,12,18H2,1-3H3. The third-order valence-electron chi connectivity index (χ3n) is 3.82. The van der Waals surface area contributed by atoms with Crippen molar-refractivity contribution in [3.8, 4) is 0 Å². The van der Waals surface area contributed by atoms with Gasteiger partial charge in [0.15, 0.2) is 0 Å². The Kier molecular flexibility index (Phi) is 5.91. The predicted octanol–water partition coefficient (Wildman–Crippen LogP) is 3.75. The zero-order valence-corrected chi connectivity index (χ0v) is 13.9. The van der Waals surface area contributed by atoms with E-state index < -0.39 is 0 Å². The monoisotopic (exact) mass is 303 g/mol. The number of pyridine rings is 1. The van der Waals surface area contributed by atoms with E-state index in [-0.39, 0.29) is 12.1 Å². The smallest absolute Gasteiger partial charge is 0.0596 e. The largest absolute Gasteiger partial charge is 0.326 e. The molecule has 2 N–H and O–H groups in total. The van der Waals surface area contributed by atoms with Crippen LogP contribution in [0.15, 0.2) is 36.5 Å². The van der Waals surface area contributed by atoms with Crippen molar-refractivity contribution in [2.24, 2.45) is 5.73 Å². The fourth-order valence-corrected chi connectivity index (χ4v) is 3.69. The number of aromatic nitrogens is 1. The van der Waals surface area contributed by atoms with Gasteiger partial charge in [0.2, 0.25) is 0 Å². The van der Waals surface area contributed by atoms with E-state index in [9.17, 15) is 0 Å². The highest BCUT2D eigenvalue weighted by atomic mass is 32.1. The number of likely N-dealkylation sites (N-methyl/N-ethyl adjacent to an activating group) is 1. The summed E-state index contributed by atoms with van der Waals surface area (Å²) in [6, 6.07) is 10.9. The molecule has 2 atom stereocenters. The minimum Gasteiger partial charge on any atom is -0.326 e. The van der Waals surface area contributed by atoms with Crippen molar-refractivity contribution >= 4 is 11.3 Å². The highest BCUT2D eigenvalue weighted by Crippen LogP contribution is 2.31. The van der Waals surface area contributed by atoms with Crippen LogP contribution in [0, 0.1) is 6.92 Å². The summed E-state index contributed by atoms with van der Waals surface area (Å²) in [7, 11) is 0. The minimum atomic E-state index is 0.145. The summed E-state index contributed by atoms with van der Waals surface area (Å²) in [6.45, 7) is 8.31. The van der Waals surface area contributed by atoms with Crippen LogP contribution in [0.1, 0.15) is 41.8 Å². The minimum absolute atomic E-state index is 0.145. The van der Waals surface area contributed by atoms with Crippen molar-refractivity contribution < 1.29 is 0 Å². The Morgan fingerprint density at radius 3 is 2.57 bits per heavy atom. The molecule has 114 valence electrons. The predicted molar refractivity (Wildman–Crippen MR) is 90.4 cm³/mol. The van der Waals surface area contributed by atoms with Crippen molar-refractivity contribution in [3.05, 3.63) is 52.0 Å². The fourth-order valence-electron chi connectivity index (χ4n) is 2.60. The lowest BCUT2D eigenvalue weighted by atomic mass is 10.0. The van der Waals surface area contributed by atoms with Crippen LogP contribution in [0.2, 0.25) is 0 Å². The number of nitrogens with two attached hydrogens (primary N) is 1. The van der Waals surface area contributed by atoms with Crippen molar-refractivity contribution in [2.45, 2.75) is 45.8 Å². The van der Waals surface area contributed by atoms with Gasteiger partial charge in [-0.05, 0) is 44.2 Å². The summed E-state index contributed by atoms with van der Waals surface area (Å²) in [5.41, 5.74) is 7.53. The van der Waals surface area contributed by atoms with Gasteiger partial charge in [0, 0.05) is 28.5 Å². The van der Waals surface area contributed by atoms with E-state index in [1.54, 1.807) is 0 Å². The van der Waals surface area contributed by atoms with Gasteiger partial charge in [-0.1, -0.05) is 19.9 Å². The zero-order valence-electron chi connectivity index (χ0n) is 13.1. The average molecular weight is 303 g/mol. The van der Waals surface area contributed by atoms with Gasteiger partial charge in [-0.15, -0.1) is 11.3 Å². The molecule has 2 rings (SSSR count). The molecular weight excluding hydrogens is 278 g/mol. The molecule has 0 radical (unpaired) electrons. The highest BCUT2D eigenvalue weighted by molar-refractivity contribution is 7.12. The van der Waals surface area contributed by atoms with E-state index in [0.717, 1.165) is 25.2 Å². The molecule has 0 saturated heterocycles. The SMILES string of the molecule is CCC(N)C(c1ccc(C)s1)N(CC)Cc1ccccn1. The zero-order chi connectivity index (χ0) is 15.2. The highest BCUT2D eigenvalue weighted by Gasteiger charge is 2.26. The van der Waals surface area contributed by atoms with E-state index in [1.807, 2.05) is 29.7 Å². The normalized spacial score (nSPS) is 14.3. The lowest BCUT2D eigenvalue weighted by molar-refractivity contribution is 0.170. The van der Waals surface area contributed by atoms with Crippen LogP contribution in [0.25, 0.3) is 0 Å². The lowest BCUT2D eigenvalue weighted by Crippen LogP contribution is -2.40. The molecule has 0 amide bonds. The number of aryl methyl sites for hydroxylation is 1. The molecule has 2 unspecified atom stereocenters. The maximum Gasteiger partial charge on any atom is 0.0596 e. The van der Waals surface area contributed by atoms with E-state index in [2.05, 4.69) is 48.9 Å². The molecule has 0 aromatic carbocycles. The van der Waals surface area contributed by atoms with Crippen LogP contribution in [0.3, 0.4) is 0 Å². The van der Waals surface area contributed by atoms with Gasteiger partial charge in [-0.2, -0.15) is 0 Å². The Labute approximate surface area is 131 Å². The maximum atomic E-state index is 6.43. The lowest BCUT2D eigenvalue weighted by Gasteiger charge is -2.33. The van der Waals surface area contributed by atoms with Crippen molar-refractivity contribution in [2.75, 3.05) is 6.54 Å². The van der Waals surface area contributed by atoms with Crippen LogP contribution in [-0.2, 0) is 6.54 Å². The molecule has 2 heterocycles. The summed E-state index contributed by atoms with van der Waals surface area (Å²) < 4.78 is 0. The summed E-state index contributed by atoms with van der Waals surface area (Å²) in [5.74, 6) is 0. The van der Waals surface area contributed by atoms with Gasteiger partial charge in [0.05, 0.1) is 11.7 Å². The van der Waals surface area contributed by atoms with Gasteiger partial charge in [0.25, 0.3) is 0 Å². The van der Waals surface area contributed by atoms with Crippen LogP contribution in [0.5, 0.6) is 0 Å². The molecule has 0 aliphatic carbocycles. The first kappa shape index (κ1) is 16.1. The van der Waals surface area contributed by atoms with E-state index in [1.165, 1.54) is 9.75 Å².